The van der Waals surface area contributed by atoms with Crippen LogP contribution in [0.25, 0.3) is 0 Å². The monoisotopic (exact) mass is 505 g/mol. The summed E-state index contributed by atoms with van der Waals surface area (Å²) < 4.78 is 14.0. The number of fused-ring (bicyclic) bond motifs is 1. The van der Waals surface area contributed by atoms with Crippen LogP contribution in [0.4, 0.5) is 15.8 Å². The second kappa shape index (κ2) is 10.2. The maximum atomic E-state index is 14.0. The quantitative estimate of drug-likeness (QED) is 0.522. The fourth-order valence-electron chi connectivity index (χ4n) is 5.95. The molecule has 2 fully saturated rings. The molecule has 0 radical (unpaired) electrons. The van der Waals surface area contributed by atoms with Crippen LogP contribution in [0.15, 0.2) is 60.1 Å². The van der Waals surface area contributed by atoms with Gasteiger partial charge in [0, 0.05) is 42.7 Å². The van der Waals surface area contributed by atoms with Gasteiger partial charge in [-0.3, -0.25) is 14.7 Å². The van der Waals surface area contributed by atoms with E-state index in [1.807, 2.05) is 24.3 Å². The molecule has 6 rings (SSSR count). The molecule has 0 bridgehead atoms. The van der Waals surface area contributed by atoms with Crippen molar-refractivity contribution in [1.29, 1.82) is 0 Å². The van der Waals surface area contributed by atoms with Crippen LogP contribution in [-0.2, 0) is 11.3 Å². The molecule has 3 aromatic rings. The molecule has 0 saturated carbocycles. The van der Waals surface area contributed by atoms with E-state index in [9.17, 15) is 9.18 Å². The summed E-state index contributed by atoms with van der Waals surface area (Å²) in [4.78, 5) is 26.2. The van der Waals surface area contributed by atoms with E-state index < -0.39 is 0 Å². The Labute approximate surface area is 215 Å². The second-order valence-corrected chi connectivity index (χ2v) is 11.1. The minimum Gasteiger partial charge on any atom is -0.358 e. The first-order valence-electron chi connectivity index (χ1n) is 12.9. The van der Waals surface area contributed by atoms with Gasteiger partial charge in [-0.05, 0) is 80.6 Å². The van der Waals surface area contributed by atoms with Gasteiger partial charge in [-0.25, -0.2) is 4.39 Å². The summed E-state index contributed by atoms with van der Waals surface area (Å²) in [6.45, 7) is 4.51. The molecular formula is C28H32FN5OS. The van der Waals surface area contributed by atoms with Crippen molar-refractivity contribution in [2.24, 2.45) is 5.92 Å². The van der Waals surface area contributed by atoms with Gasteiger partial charge in [0.15, 0.2) is 0 Å². The minimum absolute atomic E-state index is 0.136. The van der Waals surface area contributed by atoms with Crippen LogP contribution in [0.3, 0.4) is 0 Å². The van der Waals surface area contributed by atoms with Gasteiger partial charge in [0.25, 0.3) is 0 Å². The van der Waals surface area contributed by atoms with Crippen molar-refractivity contribution in [3.8, 4) is 0 Å². The Kier molecular flexibility index (Phi) is 6.63. The smallest absolute Gasteiger partial charge is 0.225 e. The van der Waals surface area contributed by atoms with Crippen LogP contribution >= 0.6 is 11.3 Å². The highest BCUT2D eigenvalue weighted by atomic mass is 32.1. The van der Waals surface area contributed by atoms with E-state index in [2.05, 4.69) is 42.5 Å². The second-order valence-electron chi connectivity index (χ2n) is 10.1. The topological polar surface area (TPSA) is 51.7 Å². The molecule has 8 heteroatoms. The van der Waals surface area contributed by atoms with E-state index in [1.54, 1.807) is 23.6 Å². The zero-order valence-corrected chi connectivity index (χ0v) is 21.2. The van der Waals surface area contributed by atoms with E-state index in [4.69, 9.17) is 0 Å². The van der Waals surface area contributed by atoms with Gasteiger partial charge in [-0.1, -0.05) is 12.1 Å². The van der Waals surface area contributed by atoms with E-state index in [-0.39, 0.29) is 23.9 Å². The fourth-order valence-corrected chi connectivity index (χ4v) is 6.70. The van der Waals surface area contributed by atoms with Gasteiger partial charge in [-0.15, -0.1) is 11.3 Å². The third-order valence-electron chi connectivity index (χ3n) is 7.84. The highest BCUT2D eigenvalue weighted by Crippen LogP contribution is 2.44. The number of benzene rings is 1. The molecule has 0 aliphatic carbocycles. The van der Waals surface area contributed by atoms with Gasteiger partial charge >= 0.3 is 0 Å². The molecule has 1 atom stereocenters. The molecule has 5 heterocycles. The summed E-state index contributed by atoms with van der Waals surface area (Å²) in [6, 6.07) is 15.4. The van der Waals surface area contributed by atoms with Crippen LogP contribution in [0.2, 0.25) is 0 Å². The fraction of sp³-hybridized carbons (Fsp3) is 0.429. The lowest BCUT2D eigenvalue weighted by Gasteiger charge is -2.41. The lowest BCUT2D eigenvalue weighted by molar-refractivity contribution is -0.138. The van der Waals surface area contributed by atoms with Crippen molar-refractivity contribution in [3.63, 3.8) is 0 Å². The van der Waals surface area contributed by atoms with Crippen molar-refractivity contribution < 1.29 is 9.18 Å². The van der Waals surface area contributed by atoms with Gasteiger partial charge in [0.1, 0.15) is 12.0 Å². The molecule has 36 heavy (non-hydrogen) atoms. The maximum absolute atomic E-state index is 14.0. The normalized spacial score (nSPS) is 21.4. The number of hydrogen-bond acceptors (Lipinski definition) is 6. The van der Waals surface area contributed by atoms with Gasteiger partial charge in [-0.2, -0.15) is 0 Å². The largest absolute Gasteiger partial charge is 0.358 e. The van der Waals surface area contributed by atoms with Crippen molar-refractivity contribution in [1.82, 2.24) is 14.8 Å². The van der Waals surface area contributed by atoms with E-state index in [1.165, 1.54) is 10.9 Å². The molecular weight excluding hydrogens is 473 g/mol. The molecule has 1 aromatic carbocycles. The van der Waals surface area contributed by atoms with Gasteiger partial charge < -0.3 is 15.1 Å². The number of piperidine rings is 2. The van der Waals surface area contributed by atoms with Gasteiger partial charge in [0.05, 0.1) is 17.1 Å². The lowest BCUT2D eigenvalue weighted by Crippen LogP contribution is -2.50. The molecule has 1 unspecified atom stereocenters. The highest BCUT2D eigenvalue weighted by Gasteiger charge is 2.39. The van der Waals surface area contributed by atoms with E-state index >= 15 is 0 Å². The number of likely N-dealkylation sites (tertiary alicyclic amines) is 2. The summed E-state index contributed by atoms with van der Waals surface area (Å²) in [7, 11) is 0. The molecule has 2 saturated heterocycles. The molecule has 0 spiro atoms. The van der Waals surface area contributed by atoms with Crippen LogP contribution < -0.4 is 10.2 Å². The number of carbonyl (C=O) groups excluding carboxylic acids is 1. The number of hydrogen-bond donors (Lipinski definition) is 1. The molecule has 188 valence electrons. The Morgan fingerprint density at radius 3 is 2.58 bits per heavy atom. The molecule has 3 aliphatic heterocycles. The first kappa shape index (κ1) is 23.4. The van der Waals surface area contributed by atoms with E-state index in [0.717, 1.165) is 75.5 Å². The number of thiophene rings is 1. The number of aromatic nitrogens is 1. The third kappa shape index (κ3) is 4.72. The first-order valence-corrected chi connectivity index (χ1v) is 13.8. The van der Waals surface area contributed by atoms with Crippen molar-refractivity contribution >= 4 is 28.6 Å². The number of pyridine rings is 1. The lowest BCUT2D eigenvalue weighted by atomic mass is 9.93. The first-order chi connectivity index (χ1) is 17.7. The van der Waals surface area contributed by atoms with Gasteiger partial charge in [0.2, 0.25) is 5.91 Å². The molecule has 1 N–H and O–H groups in total. The average molecular weight is 506 g/mol. The SMILES string of the molecule is O=C(C1CCN(Cc2cccs2)CC1)N1CCC(N2c3ccc(F)cc3NC2c2ccccn2)CC1. The summed E-state index contributed by atoms with van der Waals surface area (Å²) in [5.74, 6) is 0.219. The summed E-state index contributed by atoms with van der Waals surface area (Å²) in [5, 5.41) is 5.61. The Balaban J connectivity index is 1.09. The number of halogens is 1. The highest BCUT2D eigenvalue weighted by molar-refractivity contribution is 7.09. The standard InChI is InChI=1S/C28H32FN5OS/c29-21-6-7-26-25(18-21)31-27(24-5-1-2-12-30-24)34(26)22-10-15-33(16-11-22)28(35)20-8-13-32(14-9-20)19-23-4-3-17-36-23/h1-7,12,17-18,20,22,27,31H,8-11,13-16,19H2. The van der Waals surface area contributed by atoms with E-state index in [0.29, 0.717) is 5.91 Å². The van der Waals surface area contributed by atoms with Crippen LogP contribution in [0.5, 0.6) is 0 Å². The maximum Gasteiger partial charge on any atom is 0.225 e. The number of carbonyl (C=O) groups is 1. The minimum atomic E-state index is -0.246. The predicted molar refractivity (Wildman–Crippen MR) is 141 cm³/mol. The Hall–Kier alpha value is -2.97. The molecule has 6 nitrogen and oxygen atoms in total. The third-order valence-corrected chi connectivity index (χ3v) is 8.70. The van der Waals surface area contributed by atoms with Crippen molar-refractivity contribution in [2.45, 2.75) is 44.4 Å². The Morgan fingerprint density at radius 1 is 1.03 bits per heavy atom. The summed E-state index contributed by atoms with van der Waals surface area (Å²) in [6.07, 6.45) is 5.34. The van der Waals surface area contributed by atoms with Crippen molar-refractivity contribution in [2.75, 3.05) is 36.4 Å². The Morgan fingerprint density at radius 2 is 1.86 bits per heavy atom. The zero-order valence-electron chi connectivity index (χ0n) is 20.4. The number of nitrogens with zero attached hydrogens (tertiary/aromatic N) is 4. The van der Waals surface area contributed by atoms with Crippen molar-refractivity contribution in [3.05, 3.63) is 76.5 Å². The molecule has 3 aliphatic rings. The average Bonchev–Trinajstić information content (AvgIpc) is 3.57. The van der Waals surface area contributed by atoms with Crippen LogP contribution in [0.1, 0.15) is 42.4 Å². The van der Waals surface area contributed by atoms with Crippen LogP contribution in [0, 0.1) is 11.7 Å². The summed E-state index contributed by atoms with van der Waals surface area (Å²) >= 11 is 1.80. The zero-order chi connectivity index (χ0) is 24.5. The predicted octanol–water partition coefficient (Wildman–Crippen LogP) is 5.12. The number of anilines is 2. The number of rotatable bonds is 5. The summed E-state index contributed by atoms with van der Waals surface area (Å²) in [5.41, 5.74) is 2.73. The number of amides is 1. The number of nitrogens with one attached hydrogen (secondary N) is 1. The Bertz CT molecular complexity index is 1170. The molecule has 2 aromatic heterocycles. The van der Waals surface area contributed by atoms with Crippen LogP contribution in [-0.4, -0.2) is 52.9 Å². The molecule has 1 amide bonds.